The molecule has 0 saturated heterocycles. The van der Waals surface area contributed by atoms with Gasteiger partial charge in [-0.1, -0.05) is 13.3 Å². The summed E-state index contributed by atoms with van der Waals surface area (Å²) in [4.78, 5) is 11.7. The molecule has 94 valence electrons. The van der Waals surface area contributed by atoms with E-state index in [1.807, 2.05) is 18.8 Å². The molecule has 1 aliphatic carbocycles. The second-order valence-corrected chi connectivity index (χ2v) is 5.82. The highest BCUT2D eigenvalue weighted by Gasteiger charge is 2.45. The average Bonchev–Trinajstić information content (AvgIpc) is 2.73. The number of methoxy groups -OCH3 is 1. The summed E-state index contributed by atoms with van der Waals surface area (Å²) in [6.45, 7) is 2.21. The van der Waals surface area contributed by atoms with Gasteiger partial charge in [-0.15, -0.1) is 0 Å². The Morgan fingerprint density at radius 3 is 2.94 bits per heavy atom. The van der Waals surface area contributed by atoms with Gasteiger partial charge in [0.1, 0.15) is 5.54 Å². The fraction of sp³-hybridized carbons (Fsp3) is 0.917. The number of esters is 1. The zero-order chi connectivity index (χ0) is 12.0. The Morgan fingerprint density at radius 1 is 1.62 bits per heavy atom. The molecular formula is C12H23NO2S. The number of ether oxygens (including phenoxy) is 1. The molecule has 0 heterocycles. The second kappa shape index (κ2) is 6.50. The summed E-state index contributed by atoms with van der Waals surface area (Å²) in [5.74, 6) is 1.11. The number of likely N-dealkylation sites (N-methyl/N-ethyl adjacent to an activating group) is 1. The van der Waals surface area contributed by atoms with Crippen LogP contribution >= 0.6 is 11.8 Å². The van der Waals surface area contributed by atoms with Crippen molar-refractivity contribution in [1.29, 1.82) is 0 Å². The first-order chi connectivity index (χ1) is 7.68. The molecule has 1 aliphatic rings. The summed E-state index contributed by atoms with van der Waals surface area (Å²) < 4.78 is 4.89. The molecule has 0 bridgehead atoms. The molecule has 1 saturated carbocycles. The van der Waals surface area contributed by atoms with Gasteiger partial charge < -0.3 is 10.1 Å². The van der Waals surface area contributed by atoms with Crippen LogP contribution in [0.15, 0.2) is 0 Å². The van der Waals surface area contributed by atoms with Crippen LogP contribution in [0.2, 0.25) is 0 Å². The third-order valence-corrected chi connectivity index (χ3v) is 4.77. The fourth-order valence-electron chi connectivity index (χ4n) is 2.25. The lowest BCUT2D eigenvalue weighted by molar-refractivity contribution is -0.148. The highest BCUT2D eigenvalue weighted by Crippen LogP contribution is 2.37. The Balaban J connectivity index is 2.44. The number of rotatable bonds is 6. The van der Waals surface area contributed by atoms with Crippen LogP contribution < -0.4 is 5.32 Å². The largest absolute Gasteiger partial charge is 0.468 e. The number of carbonyl (C=O) groups is 1. The SMILES string of the molecule is CCCCSC1CCC(NC)(C(=O)OC)C1. The van der Waals surface area contributed by atoms with Gasteiger partial charge in [0.25, 0.3) is 0 Å². The van der Waals surface area contributed by atoms with Crippen LogP contribution in [-0.2, 0) is 9.53 Å². The van der Waals surface area contributed by atoms with Crippen molar-refractivity contribution < 1.29 is 9.53 Å². The molecule has 0 amide bonds. The van der Waals surface area contributed by atoms with Crippen LogP contribution in [0, 0.1) is 0 Å². The third-order valence-electron chi connectivity index (χ3n) is 3.38. The van der Waals surface area contributed by atoms with E-state index >= 15 is 0 Å². The molecule has 0 aromatic heterocycles. The quantitative estimate of drug-likeness (QED) is 0.575. The number of carbonyl (C=O) groups excluding carboxylic acids is 1. The molecule has 0 aromatic carbocycles. The zero-order valence-electron chi connectivity index (χ0n) is 10.5. The minimum Gasteiger partial charge on any atom is -0.468 e. The van der Waals surface area contributed by atoms with Crippen molar-refractivity contribution in [2.75, 3.05) is 19.9 Å². The minimum absolute atomic E-state index is 0.103. The summed E-state index contributed by atoms with van der Waals surface area (Å²) in [6, 6.07) is 0. The maximum Gasteiger partial charge on any atom is 0.326 e. The Hall–Kier alpha value is -0.220. The van der Waals surface area contributed by atoms with Crippen LogP contribution in [0.5, 0.6) is 0 Å². The first-order valence-electron chi connectivity index (χ1n) is 6.07. The molecule has 0 aromatic rings. The van der Waals surface area contributed by atoms with Gasteiger partial charge in [-0.05, 0) is 38.5 Å². The van der Waals surface area contributed by atoms with Gasteiger partial charge in [-0.3, -0.25) is 4.79 Å². The van der Waals surface area contributed by atoms with E-state index in [4.69, 9.17) is 4.74 Å². The Morgan fingerprint density at radius 2 is 2.38 bits per heavy atom. The molecule has 16 heavy (non-hydrogen) atoms. The molecule has 4 heteroatoms. The highest BCUT2D eigenvalue weighted by atomic mass is 32.2. The third kappa shape index (κ3) is 3.14. The molecular weight excluding hydrogens is 222 g/mol. The van der Waals surface area contributed by atoms with E-state index in [-0.39, 0.29) is 5.97 Å². The number of nitrogens with one attached hydrogen (secondary N) is 1. The van der Waals surface area contributed by atoms with Gasteiger partial charge in [-0.25, -0.2) is 0 Å². The summed E-state index contributed by atoms with van der Waals surface area (Å²) in [7, 11) is 3.33. The average molecular weight is 245 g/mol. The van der Waals surface area contributed by atoms with Crippen molar-refractivity contribution >= 4 is 17.7 Å². The first-order valence-corrected chi connectivity index (χ1v) is 7.12. The monoisotopic (exact) mass is 245 g/mol. The molecule has 0 radical (unpaired) electrons. The van der Waals surface area contributed by atoms with E-state index in [2.05, 4.69) is 12.2 Å². The molecule has 0 spiro atoms. The molecule has 1 fully saturated rings. The van der Waals surface area contributed by atoms with Gasteiger partial charge >= 0.3 is 5.97 Å². The van der Waals surface area contributed by atoms with Crippen molar-refractivity contribution in [2.24, 2.45) is 0 Å². The van der Waals surface area contributed by atoms with Crippen molar-refractivity contribution in [2.45, 2.75) is 49.8 Å². The fourth-order valence-corrected chi connectivity index (χ4v) is 3.72. The van der Waals surface area contributed by atoms with Gasteiger partial charge in [0.05, 0.1) is 7.11 Å². The predicted octanol–water partition coefficient (Wildman–Crippen LogP) is 2.20. The predicted molar refractivity (Wildman–Crippen MR) is 68.8 cm³/mol. The lowest BCUT2D eigenvalue weighted by atomic mass is 9.98. The van der Waals surface area contributed by atoms with Gasteiger partial charge in [-0.2, -0.15) is 11.8 Å². The van der Waals surface area contributed by atoms with E-state index in [9.17, 15) is 4.79 Å². The molecule has 0 aliphatic heterocycles. The molecule has 1 rings (SSSR count). The Labute approximate surface area is 103 Å². The van der Waals surface area contributed by atoms with E-state index in [1.165, 1.54) is 25.7 Å². The van der Waals surface area contributed by atoms with E-state index in [1.54, 1.807) is 0 Å². The summed E-state index contributed by atoms with van der Waals surface area (Å²) in [5, 5.41) is 3.77. The number of thioether (sulfide) groups is 1. The second-order valence-electron chi connectivity index (χ2n) is 4.41. The molecule has 2 atom stereocenters. The summed E-state index contributed by atoms with van der Waals surface area (Å²) in [6.07, 6.45) is 5.44. The number of hydrogen-bond donors (Lipinski definition) is 1. The minimum atomic E-state index is -0.418. The van der Waals surface area contributed by atoms with E-state index < -0.39 is 5.54 Å². The standard InChI is InChI=1S/C12H23NO2S/c1-4-5-8-16-10-6-7-12(9-10,13-2)11(14)15-3/h10,13H,4-9H2,1-3H3. The van der Waals surface area contributed by atoms with Crippen LogP contribution in [0.25, 0.3) is 0 Å². The summed E-state index contributed by atoms with van der Waals surface area (Å²) in [5.41, 5.74) is -0.418. The van der Waals surface area contributed by atoms with Gasteiger partial charge in [0, 0.05) is 5.25 Å². The first kappa shape index (κ1) is 13.8. The van der Waals surface area contributed by atoms with Crippen molar-refractivity contribution in [3.05, 3.63) is 0 Å². The van der Waals surface area contributed by atoms with Gasteiger partial charge in [0.2, 0.25) is 0 Å². The van der Waals surface area contributed by atoms with Crippen LogP contribution in [0.3, 0.4) is 0 Å². The van der Waals surface area contributed by atoms with Crippen LogP contribution in [0.4, 0.5) is 0 Å². The van der Waals surface area contributed by atoms with E-state index in [0.717, 1.165) is 19.3 Å². The van der Waals surface area contributed by atoms with Crippen molar-refractivity contribution in [3.8, 4) is 0 Å². The maximum absolute atomic E-state index is 11.7. The molecule has 1 N–H and O–H groups in total. The Bertz CT molecular complexity index is 235. The van der Waals surface area contributed by atoms with Crippen molar-refractivity contribution in [3.63, 3.8) is 0 Å². The van der Waals surface area contributed by atoms with E-state index in [0.29, 0.717) is 5.25 Å². The number of unbranched alkanes of at least 4 members (excludes halogenated alkanes) is 1. The van der Waals surface area contributed by atoms with Crippen LogP contribution in [-0.4, -0.2) is 36.7 Å². The number of hydrogen-bond acceptors (Lipinski definition) is 4. The zero-order valence-corrected chi connectivity index (χ0v) is 11.4. The lowest BCUT2D eigenvalue weighted by Crippen LogP contribution is -2.49. The lowest BCUT2D eigenvalue weighted by Gasteiger charge is -2.25. The summed E-state index contributed by atoms with van der Waals surface area (Å²) >= 11 is 2.01. The normalized spacial score (nSPS) is 29.3. The van der Waals surface area contributed by atoms with Crippen molar-refractivity contribution in [1.82, 2.24) is 5.32 Å². The molecule has 3 nitrogen and oxygen atoms in total. The van der Waals surface area contributed by atoms with Gasteiger partial charge in [0.15, 0.2) is 0 Å². The highest BCUT2D eigenvalue weighted by molar-refractivity contribution is 7.99. The van der Waals surface area contributed by atoms with Crippen LogP contribution in [0.1, 0.15) is 39.0 Å². The molecule has 2 unspecified atom stereocenters. The smallest absolute Gasteiger partial charge is 0.326 e. The topological polar surface area (TPSA) is 38.3 Å². The Kier molecular flexibility index (Phi) is 5.62. The maximum atomic E-state index is 11.7.